The highest BCUT2D eigenvalue weighted by molar-refractivity contribution is 8.00. The average Bonchev–Trinajstić information content (AvgIpc) is 2.24. The molecule has 0 aliphatic heterocycles. The molecule has 0 aromatic heterocycles. The van der Waals surface area contributed by atoms with E-state index in [9.17, 15) is 22.7 Å². The molecule has 1 nitrogen and oxygen atoms in total. The molecular weight excluding hydrogens is 280 g/mol. The summed E-state index contributed by atoms with van der Waals surface area (Å²) in [6, 6.07) is 2.59. The van der Waals surface area contributed by atoms with Gasteiger partial charge in [-0.15, -0.1) is 0 Å². The van der Waals surface area contributed by atoms with Gasteiger partial charge in [0.25, 0.3) is 0 Å². The Kier molecular flexibility index (Phi) is 4.90. The van der Waals surface area contributed by atoms with E-state index >= 15 is 0 Å². The zero-order chi connectivity index (χ0) is 14.8. The third-order valence-electron chi connectivity index (χ3n) is 2.35. The van der Waals surface area contributed by atoms with Crippen LogP contribution in [0.3, 0.4) is 0 Å². The van der Waals surface area contributed by atoms with Crippen LogP contribution in [0.2, 0.25) is 0 Å². The van der Waals surface area contributed by atoms with Crippen LogP contribution in [-0.4, -0.2) is 15.6 Å². The SMILES string of the molecule is CC(C)(C)SCC(O)c1ccc(F)c(C(F)(F)F)c1. The van der Waals surface area contributed by atoms with E-state index in [0.717, 1.165) is 6.07 Å². The summed E-state index contributed by atoms with van der Waals surface area (Å²) >= 11 is 1.43. The van der Waals surface area contributed by atoms with Crippen molar-refractivity contribution in [3.63, 3.8) is 0 Å². The molecule has 0 aliphatic carbocycles. The highest BCUT2D eigenvalue weighted by Crippen LogP contribution is 2.34. The van der Waals surface area contributed by atoms with Crippen molar-refractivity contribution < 1.29 is 22.7 Å². The first-order valence-corrected chi connectivity index (χ1v) is 6.68. The van der Waals surface area contributed by atoms with Crippen LogP contribution in [0.1, 0.15) is 38.0 Å². The molecule has 0 saturated carbocycles. The molecule has 1 atom stereocenters. The van der Waals surface area contributed by atoms with Gasteiger partial charge in [-0.05, 0) is 17.7 Å². The van der Waals surface area contributed by atoms with Gasteiger partial charge in [0.2, 0.25) is 0 Å². The van der Waals surface area contributed by atoms with Gasteiger partial charge >= 0.3 is 6.18 Å². The first kappa shape index (κ1) is 16.3. The Morgan fingerprint density at radius 3 is 2.26 bits per heavy atom. The molecule has 1 aromatic rings. The van der Waals surface area contributed by atoms with Crippen molar-refractivity contribution in [2.75, 3.05) is 5.75 Å². The molecule has 1 N–H and O–H groups in total. The molecule has 0 bridgehead atoms. The van der Waals surface area contributed by atoms with Gasteiger partial charge in [0.15, 0.2) is 0 Å². The minimum Gasteiger partial charge on any atom is -0.388 e. The summed E-state index contributed by atoms with van der Waals surface area (Å²) in [5, 5.41) is 9.85. The van der Waals surface area contributed by atoms with E-state index in [1.807, 2.05) is 20.8 Å². The second-order valence-corrected chi connectivity index (χ2v) is 7.02. The van der Waals surface area contributed by atoms with Crippen LogP contribution in [0.25, 0.3) is 0 Å². The number of halogens is 4. The zero-order valence-electron chi connectivity index (χ0n) is 10.9. The molecule has 19 heavy (non-hydrogen) atoms. The van der Waals surface area contributed by atoms with Crippen molar-refractivity contribution in [3.05, 3.63) is 35.1 Å². The lowest BCUT2D eigenvalue weighted by molar-refractivity contribution is -0.140. The van der Waals surface area contributed by atoms with Crippen LogP contribution in [0, 0.1) is 5.82 Å². The molecule has 0 amide bonds. The number of hydrogen-bond acceptors (Lipinski definition) is 2. The largest absolute Gasteiger partial charge is 0.419 e. The number of thioether (sulfide) groups is 1. The van der Waals surface area contributed by atoms with Crippen molar-refractivity contribution in [2.45, 2.75) is 37.8 Å². The minimum absolute atomic E-state index is 0.0745. The van der Waals surface area contributed by atoms with E-state index in [0.29, 0.717) is 6.07 Å². The average molecular weight is 296 g/mol. The molecule has 1 unspecified atom stereocenters. The third-order valence-corrected chi connectivity index (χ3v) is 3.70. The van der Waals surface area contributed by atoms with Crippen LogP contribution < -0.4 is 0 Å². The summed E-state index contributed by atoms with van der Waals surface area (Å²) in [6.07, 6.45) is -5.80. The minimum atomic E-state index is -4.75. The highest BCUT2D eigenvalue weighted by Gasteiger charge is 2.34. The predicted molar refractivity (Wildman–Crippen MR) is 68.6 cm³/mol. The lowest BCUT2D eigenvalue weighted by Gasteiger charge is -2.20. The molecule has 108 valence electrons. The number of rotatable bonds is 3. The Balaban J connectivity index is 2.90. The monoisotopic (exact) mass is 296 g/mol. The van der Waals surface area contributed by atoms with Gasteiger partial charge in [-0.25, -0.2) is 4.39 Å². The van der Waals surface area contributed by atoms with Crippen LogP contribution in [-0.2, 0) is 6.18 Å². The molecule has 0 heterocycles. The topological polar surface area (TPSA) is 20.2 Å². The van der Waals surface area contributed by atoms with Crippen molar-refractivity contribution >= 4 is 11.8 Å². The number of aliphatic hydroxyl groups excluding tert-OH is 1. The van der Waals surface area contributed by atoms with Crippen LogP contribution in [0.5, 0.6) is 0 Å². The fourth-order valence-electron chi connectivity index (χ4n) is 1.39. The van der Waals surface area contributed by atoms with Gasteiger partial charge in [0.1, 0.15) is 5.82 Å². The number of alkyl halides is 3. The Bertz CT molecular complexity index is 437. The molecule has 1 aromatic carbocycles. The van der Waals surface area contributed by atoms with Crippen molar-refractivity contribution in [1.82, 2.24) is 0 Å². The molecule has 6 heteroatoms. The van der Waals surface area contributed by atoms with Crippen molar-refractivity contribution in [1.29, 1.82) is 0 Å². The first-order chi connectivity index (χ1) is 8.50. The first-order valence-electron chi connectivity index (χ1n) is 5.69. The van der Waals surface area contributed by atoms with Gasteiger partial charge < -0.3 is 5.11 Å². The van der Waals surface area contributed by atoms with Gasteiger partial charge in [-0.2, -0.15) is 24.9 Å². The lowest BCUT2D eigenvalue weighted by Crippen LogP contribution is -2.14. The van der Waals surface area contributed by atoms with Gasteiger partial charge in [-0.1, -0.05) is 26.8 Å². The van der Waals surface area contributed by atoms with E-state index < -0.39 is 23.7 Å². The smallest absolute Gasteiger partial charge is 0.388 e. The summed E-state index contributed by atoms with van der Waals surface area (Å²) in [4.78, 5) is 0. The maximum Gasteiger partial charge on any atom is 0.419 e. The van der Waals surface area contributed by atoms with E-state index in [2.05, 4.69) is 0 Å². The van der Waals surface area contributed by atoms with Crippen LogP contribution >= 0.6 is 11.8 Å². The second-order valence-electron chi connectivity index (χ2n) is 5.18. The predicted octanol–water partition coefficient (Wildman–Crippen LogP) is 4.41. The normalized spacial score (nSPS) is 14.5. The summed E-state index contributed by atoms with van der Waals surface area (Å²) in [6.45, 7) is 5.82. The standard InChI is InChI=1S/C13H16F4OS/c1-12(2,3)19-7-11(18)8-4-5-10(14)9(6-8)13(15,16)17/h4-6,11,18H,7H2,1-3H3. The zero-order valence-corrected chi connectivity index (χ0v) is 11.7. The fourth-order valence-corrected chi connectivity index (χ4v) is 2.24. The van der Waals surface area contributed by atoms with Crippen LogP contribution in [0.15, 0.2) is 18.2 Å². The van der Waals surface area contributed by atoms with Crippen LogP contribution in [0.4, 0.5) is 17.6 Å². The van der Waals surface area contributed by atoms with E-state index in [-0.39, 0.29) is 16.1 Å². The van der Waals surface area contributed by atoms with Gasteiger partial charge in [-0.3, -0.25) is 0 Å². The molecule has 0 spiro atoms. The summed E-state index contributed by atoms with van der Waals surface area (Å²) in [5.74, 6) is -1.07. The van der Waals surface area contributed by atoms with Gasteiger partial charge in [0.05, 0.1) is 11.7 Å². The fraction of sp³-hybridized carbons (Fsp3) is 0.538. The molecule has 0 fully saturated rings. The Hall–Kier alpha value is -0.750. The summed E-state index contributed by atoms with van der Waals surface area (Å²) in [5.41, 5.74) is -1.27. The maximum atomic E-state index is 13.1. The Labute approximate surface area is 114 Å². The quantitative estimate of drug-likeness (QED) is 0.834. The Morgan fingerprint density at radius 1 is 1.21 bits per heavy atom. The number of aliphatic hydroxyl groups is 1. The molecule has 0 radical (unpaired) electrons. The molecule has 1 rings (SSSR count). The van der Waals surface area contributed by atoms with Crippen molar-refractivity contribution in [2.24, 2.45) is 0 Å². The van der Waals surface area contributed by atoms with E-state index in [1.54, 1.807) is 0 Å². The summed E-state index contributed by atoms with van der Waals surface area (Å²) in [7, 11) is 0. The lowest BCUT2D eigenvalue weighted by atomic mass is 10.1. The van der Waals surface area contributed by atoms with E-state index in [1.165, 1.54) is 17.8 Å². The third kappa shape index (κ3) is 5.03. The van der Waals surface area contributed by atoms with Crippen molar-refractivity contribution in [3.8, 4) is 0 Å². The maximum absolute atomic E-state index is 13.1. The number of hydrogen-bond donors (Lipinski definition) is 1. The number of benzene rings is 1. The molecular formula is C13H16F4OS. The molecule has 0 saturated heterocycles. The van der Waals surface area contributed by atoms with Gasteiger partial charge in [0, 0.05) is 10.5 Å². The molecule has 0 aliphatic rings. The summed E-state index contributed by atoms with van der Waals surface area (Å²) < 4.78 is 50.6. The van der Waals surface area contributed by atoms with E-state index in [4.69, 9.17) is 0 Å². The second kappa shape index (κ2) is 5.71. The highest BCUT2D eigenvalue weighted by atomic mass is 32.2. The Morgan fingerprint density at radius 2 is 1.79 bits per heavy atom.